The van der Waals surface area contributed by atoms with E-state index in [1.807, 2.05) is 31.2 Å². The Hall–Kier alpha value is -4.27. The van der Waals surface area contributed by atoms with Gasteiger partial charge in [-0.2, -0.15) is 13.2 Å². The minimum absolute atomic E-state index is 0.0892. The van der Waals surface area contributed by atoms with Crippen LogP contribution in [0.1, 0.15) is 27.2 Å². The number of pyridine rings is 2. The summed E-state index contributed by atoms with van der Waals surface area (Å²) in [5.41, 5.74) is 2.67. The van der Waals surface area contributed by atoms with Crippen molar-refractivity contribution in [3.8, 4) is 11.1 Å². The molecule has 0 atom stereocenters. The van der Waals surface area contributed by atoms with E-state index in [0.717, 1.165) is 51.4 Å². The highest BCUT2D eigenvalue weighted by Crippen LogP contribution is 2.34. The molecule has 0 fully saturated rings. The van der Waals surface area contributed by atoms with Crippen LogP contribution in [-0.4, -0.2) is 21.8 Å². The molecule has 0 aliphatic carbocycles. The Morgan fingerprint density at radius 2 is 1.88 bits per heavy atom. The van der Waals surface area contributed by atoms with E-state index in [1.54, 1.807) is 18.3 Å². The van der Waals surface area contributed by atoms with Gasteiger partial charge in [0.2, 0.25) is 5.91 Å². The molecular formula is C25H17F3N4O2. The van der Waals surface area contributed by atoms with Crippen LogP contribution in [0.3, 0.4) is 0 Å². The fourth-order valence-electron chi connectivity index (χ4n) is 4.01. The first-order chi connectivity index (χ1) is 16.2. The number of carbonyl (C=O) groups is 2. The quantitative estimate of drug-likeness (QED) is 0.429. The number of nitrogens with zero attached hydrogens (tertiary/aromatic N) is 2. The zero-order valence-corrected chi connectivity index (χ0v) is 17.8. The second-order valence-electron chi connectivity index (χ2n) is 8.02. The van der Waals surface area contributed by atoms with Gasteiger partial charge in [0.15, 0.2) is 0 Å². The molecule has 4 aromatic rings. The van der Waals surface area contributed by atoms with Gasteiger partial charge in [-0.25, -0.2) is 4.98 Å². The first-order valence-corrected chi connectivity index (χ1v) is 10.4. The Morgan fingerprint density at radius 1 is 1.06 bits per heavy atom. The molecule has 0 radical (unpaired) electrons. The Bertz CT molecular complexity index is 1480. The molecule has 2 N–H and O–H groups in total. The number of aromatic nitrogens is 2. The topological polar surface area (TPSA) is 84.0 Å². The van der Waals surface area contributed by atoms with Gasteiger partial charge in [-0.1, -0.05) is 18.2 Å². The first kappa shape index (κ1) is 21.6. The second-order valence-corrected chi connectivity index (χ2v) is 8.02. The molecule has 2 aromatic heterocycles. The fourth-order valence-corrected chi connectivity index (χ4v) is 4.01. The van der Waals surface area contributed by atoms with Crippen LogP contribution >= 0.6 is 0 Å². The lowest BCUT2D eigenvalue weighted by molar-refractivity contribution is -0.137. The number of anilines is 2. The molecule has 2 aromatic carbocycles. The molecular weight excluding hydrogens is 445 g/mol. The third-order valence-corrected chi connectivity index (χ3v) is 5.72. The number of hydrogen-bond acceptors (Lipinski definition) is 4. The lowest BCUT2D eigenvalue weighted by Gasteiger charge is -2.12. The summed E-state index contributed by atoms with van der Waals surface area (Å²) in [4.78, 5) is 32.4. The average molecular weight is 462 g/mol. The van der Waals surface area contributed by atoms with Crippen molar-refractivity contribution in [2.24, 2.45) is 0 Å². The monoisotopic (exact) mass is 462 g/mol. The first-order valence-electron chi connectivity index (χ1n) is 10.4. The maximum Gasteiger partial charge on any atom is 0.416 e. The molecule has 0 bridgehead atoms. The van der Waals surface area contributed by atoms with Crippen LogP contribution in [-0.2, 0) is 17.4 Å². The van der Waals surface area contributed by atoms with Crippen molar-refractivity contribution in [1.29, 1.82) is 0 Å². The zero-order chi connectivity index (χ0) is 24.0. The Kier molecular flexibility index (Phi) is 5.04. The molecule has 5 rings (SSSR count). The van der Waals surface area contributed by atoms with E-state index in [1.165, 1.54) is 0 Å². The van der Waals surface area contributed by atoms with Crippen LogP contribution in [0, 0.1) is 6.92 Å². The zero-order valence-electron chi connectivity index (χ0n) is 17.8. The smallest absolute Gasteiger partial charge is 0.321 e. The summed E-state index contributed by atoms with van der Waals surface area (Å²) >= 11 is 0. The van der Waals surface area contributed by atoms with Gasteiger partial charge in [0, 0.05) is 29.0 Å². The van der Waals surface area contributed by atoms with Crippen molar-refractivity contribution in [2.45, 2.75) is 19.5 Å². The van der Waals surface area contributed by atoms with Crippen LogP contribution < -0.4 is 10.6 Å². The summed E-state index contributed by atoms with van der Waals surface area (Å²) in [5, 5.41) is 7.17. The van der Waals surface area contributed by atoms with Crippen molar-refractivity contribution < 1.29 is 22.8 Å². The number of carbonyl (C=O) groups excluding carboxylic acids is 2. The highest BCUT2D eigenvalue weighted by molar-refractivity contribution is 6.05. The molecule has 1 aliphatic rings. The van der Waals surface area contributed by atoms with Crippen molar-refractivity contribution in [2.75, 3.05) is 10.6 Å². The van der Waals surface area contributed by atoms with Crippen LogP contribution in [0.2, 0.25) is 0 Å². The van der Waals surface area contributed by atoms with E-state index in [0.29, 0.717) is 11.5 Å². The number of halogens is 3. The molecule has 0 spiro atoms. The summed E-state index contributed by atoms with van der Waals surface area (Å²) in [6.45, 7) is 1.92. The minimum atomic E-state index is -4.57. The van der Waals surface area contributed by atoms with Crippen LogP contribution in [0.4, 0.5) is 24.7 Å². The number of amides is 2. The van der Waals surface area contributed by atoms with Crippen LogP contribution in [0.15, 0.2) is 60.9 Å². The van der Waals surface area contributed by atoms with E-state index in [-0.39, 0.29) is 18.0 Å². The summed E-state index contributed by atoms with van der Waals surface area (Å²) in [7, 11) is 0. The summed E-state index contributed by atoms with van der Waals surface area (Å²) in [6, 6.07) is 12.6. The van der Waals surface area contributed by atoms with Gasteiger partial charge in [-0.15, -0.1) is 0 Å². The van der Waals surface area contributed by atoms with Gasteiger partial charge in [-0.05, 0) is 59.3 Å². The molecule has 9 heteroatoms. The van der Waals surface area contributed by atoms with E-state index in [4.69, 9.17) is 0 Å². The van der Waals surface area contributed by atoms with E-state index >= 15 is 0 Å². The Labute approximate surface area is 191 Å². The summed E-state index contributed by atoms with van der Waals surface area (Å²) < 4.78 is 38.9. The molecule has 1 aliphatic heterocycles. The Morgan fingerprint density at radius 3 is 2.68 bits per heavy atom. The fraction of sp³-hybridized carbons (Fsp3) is 0.120. The predicted octanol–water partition coefficient (Wildman–Crippen LogP) is 5.37. The third-order valence-electron chi connectivity index (χ3n) is 5.72. The van der Waals surface area contributed by atoms with Crippen molar-refractivity contribution >= 4 is 34.1 Å². The standard InChI is InChI=1S/C25H17F3N4O2/c1-13-2-4-17(31-24(34)21-9-16(6-7-29-21)25(26,27)28)10-19(13)14-3-5-18-15(8-14)12-30-23-20(18)11-22(33)32-23/h2-10,12H,11H2,1H3,(H,31,34)(H,30,32,33). The van der Waals surface area contributed by atoms with Crippen molar-refractivity contribution in [3.05, 3.63) is 83.3 Å². The molecule has 0 saturated heterocycles. The number of nitrogens with one attached hydrogen (secondary N) is 2. The van der Waals surface area contributed by atoms with Gasteiger partial charge in [0.1, 0.15) is 11.5 Å². The maximum atomic E-state index is 13.0. The molecule has 6 nitrogen and oxygen atoms in total. The number of rotatable bonds is 3. The predicted molar refractivity (Wildman–Crippen MR) is 121 cm³/mol. The molecule has 2 amide bonds. The summed E-state index contributed by atoms with van der Waals surface area (Å²) in [6.07, 6.45) is -1.63. The largest absolute Gasteiger partial charge is 0.416 e. The van der Waals surface area contributed by atoms with Crippen molar-refractivity contribution in [3.63, 3.8) is 0 Å². The van der Waals surface area contributed by atoms with Gasteiger partial charge in [0.05, 0.1) is 12.0 Å². The van der Waals surface area contributed by atoms with Gasteiger partial charge < -0.3 is 10.6 Å². The normalized spacial score (nSPS) is 13.0. The molecule has 0 saturated carbocycles. The molecule has 34 heavy (non-hydrogen) atoms. The Balaban J connectivity index is 1.45. The summed E-state index contributed by atoms with van der Waals surface area (Å²) in [5.74, 6) is -0.251. The number of benzene rings is 2. The van der Waals surface area contributed by atoms with Crippen molar-refractivity contribution in [1.82, 2.24) is 9.97 Å². The lowest BCUT2D eigenvalue weighted by Crippen LogP contribution is -2.15. The number of aryl methyl sites for hydroxylation is 1. The van der Waals surface area contributed by atoms with Gasteiger partial charge >= 0.3 is 6.18 Å². The third kappa shape index (κ3) is 3.96. The SMILES string of the molecule is Cc1ccc(NC(=O)c2cc(C(F)(F)F)ccn2)cc1-c1ccc2c3c(ncc2c1)NC(=O)C3. The van der Waals surface area contributed by atoms with Gasteiger partial charge in [-0.3, -0.25) is 14.6 Å². The maximum absolute atomic E-state index is 13.0. The molecule has 3 heterocycles. The molecule has 170 valence electrons. The number of fused-ring (bicyclic) bond motifs is 3. The van der Waals surface area contributed by atoms with E-state index < -0.39 is 17.6 Å². The van der Waals surface area contributed by atoms with Crippen LogP contribution in [0.5, 0.6) is 0 Å². The average Bonchev–Trinajstić information content (AvgIpc) is 3.20. The van der Waals surface area contributed by atoms with E-state index in [9.17, 15) is 22.8 Å². The number of hydrogen-bond donors (Lipinski definition) is 2. The van der Waals surface area contributed by atoms with E-state index in [2.05, 4.69) is 20.6 Å². The lowest BCUT2D eigenvalue weighted by atomic mass is 9.96. The van der Waals surface area contributed by atoms with Gasteiger partial charge in [0.25, 0.3) is 5.91 Å². The second kappa shape index (κ2) is 7.95. The highest BCUT2D eigenvalue weighted by atomic mass is 19.4. The minimum Gasteiger partial charge on any atom is -0.321 e. The molecule has 0 unspecified atom stereocenters. The van der Waals surface area contributed by atoms with Crippen LogP contribution in [0.25, 0.3) is 21.9 Å². The number of alkyl halides is 3. The highest BCUT2D eigenvalue weighted by Gasteiger charge is 2.31.